The number of carbonyl (C=O) groups is 2. The summed E-state index contributed by atoms with van der Waals surface area (Å²) < 4.78 is 5.11. The number of carboxylic acid groups (broad SMARTS) is 1. The van der Waals surface area contributed by atoms with Crippen LogP contribution in [0, 0.1) is 19.8 Å². The van der Waals surface area contributed by atoms with Gasteiger partial charge >= 0.3 is 5.97 Å². The van der Waals surface area contributed by atoms with Gasteiger partial charge in [0.25, 0.3) is 0 Å². The van der Waals surface area contributed by atoms with Crippen LogP contribution in [-0.2, 0) is 16.0 Å². The van der Waals surface area contributed by atoms with Crippen LogP contribution in [0.5, 0.6) is 0 Å². The number of hydrogen-bond acceptors (Lipinski definition) is 4. The minimum absolute atomic E-state index is 0.139. The summed E-state index contributed by atoms with van der Waals surface area (Å²) in [7, 11) is 0. The quantitative estimate of drug-likeness (QED) is 0.872. The molecule has 1 amide bonds. The van der Waals surface area contributed by atoms with Crippen molar-refractivity contribution in [3.8, 4) is 0 Å². The molecule has 1 aliphatic heterocycles. The fourth-order valence-corrected chi connectivity index (χ4v) is 3.10. The summed E-state index contributed by atoms with van der Waals surface area (Å²) in [5.74, 6) is 0.470. The number of aryl methyl sites for hydroxylation is 2. The van der Waals surface area contributed by atoms with Crippen molar-refractivity contribution in [2.75, 3.05) is 13.1 Å². The van der Waals surface area contributed by atoms with Gasteiger partial charge in [0.15, 0.2) is 0 Å². The Balaban J connectivity index is 1.83. The van der Waals surface area contributed by atoms with E-state index in [0.29, 0.717) is 31.7 Å². The standard InChI is InChI=1S/C16H24N2O4/c1-11-14(12(2)22-17-11)6-7-15(19)18-9-3-4-13(10-18)5-8-16(20)21/h13H,3-10H2,1-2H3,(H,20,21). The number of aliphatic carboxylic acids is 1. The third-order valence-electron chi connectivity index (χ3n) is 4.41. The molecule has 1 unspecified atom stereocenters. The first-order valence-electron chi connectivity index (χ1n) is 7.88. The van der Waals surface area contributed by atoms with Gasteiger partial charge in [-0.1, -0.05) is 5.16 Å². The van der Waals surface area contributed by atoms with Crippen LogP contribution in [0.4, 0.5) is 0 Å². The number of aromatic nitrogens is 1. The van der Waals surface area contributed by atoms with Crippen LogP contribution in [0.3, 0.4) is 0 Å². The van der Waals surface area contributed by atoms with E-state index in [1.54, 1.807) is 0 Å². The maximum atomic E-state index is 12.4. The number of rotatable bonds is 6. The minimum Gasteiger partial charge on any atom is -0.481 e. The van der Waals surface area contributed by atoms with Crippen LogP contribution < -0.4 is 0 Å². The lowest BCUT2D eigenvalue weighted by molar-refractivity contribution is -0.137. The highest BCUT2D eigenvalue weighted by Gasteiger charge is 2.24. The summed E-state index contributed by atoms with van der Waals surface area (Å²) in [4.78, 5) is 24.9. The van der Waals surface area contributed by atoms with E-state index in [1.807, 2.05) is 18.7 Å². The molecular weight excluding hydrogens is 284 g/mol. The molecule has 0 radical (unpaired) electrons. The zero-order valence-corrected chi connectivity index (χ0v) is 13.3. The van der Waals surface area contributed by atoms with Gasteiger partial charge < -0.3 is 14.5 Å². The largest absolute Gasteiger partial charge is 0.481 e. The number of amides is 1. The molecule has 2 rings (SSSR count). The lowest BCUT2D eigenvalue weighted by atomic mass is 9.93. The van der Waals surface area contributed by atoms with E-state index in [2.05, 4.69) is 5.16 Å². The molecule has 0 spiro atoms. The lowest BCUT2D eigenvalue weighted by Gasteiger charge is -2.32. The molecule has 122 valence electrons. The Bertz CT molecular complexity index is 519. The molecule has 1 atom stereocenters. The molecule has 2 heterocycles. The van der Waals surface area contributed by atoms with Crippen LogP contribution in [0.2, 0.25) is 0 Å². The van der Waals surface area contributed by atoms with Crippen LogP contribution >= 0.6 is 0 Å². The molecule has 0 bridgehead atoms. The SMILES string of the molecule is Cc1noc(C)c1CCC(=O)N1CCCC(CCC(=O)O)C1. The highest BCUT2D eigenvalue weighted by atomic mass is 16.5. The monoisotopic (exact) mass is 308 g/mol. The zero-order valence-electron chi connectivity index (χ0n) is 13.3. The second-order valence-electron chi connectivity index (χ2n) is 6.08. The van der Waals surface area contributed by atoms with Crippen molar-refractivity contribution < 1.29 is 19.2 Å². The van der Waals surface area contributed by atoms with E-state index >= 15 is 0 Å². The van der Waals surface area contributed by atoms with Gasteiger partial charge in [-0.2, -0.15) is 0 Å². The van der Waals surface area contributed by atoms with E-state index in [0.717, 1.165) is 36.4 Å². The smallest absolute Gasteiger partial charge is 0.303 e. The molecular formula is C16H24N2O4. The Kier molecular flexibility index (Phi) is 5.57. The van der Waals surface area contributed by atoms with Gasteiger partial charge in [0.05, 0.1) is 5.69 Å². The second-order valence-corrected chi connectivity index (χ2v) is 6.08. The third kappa shape index (κ3) is 4.32. The Morgan fingerprint density at radius 1 is 1.36 bits per heavy atom. The van der Waals surface area contributed by atoms with E-state index in [-0.39, 0.29) is 12.3 Å². The van der Waals surface area contributed by atoms with E-state index in [4.69, 9.17) is 9.63 Å². The Hall–Kier alpha value is -1.85. The molecule has 0 saturated carbocycles. The van der Waals surface area contributed by atoms with Crippen molar-refractivity contribution in [2.24, 2.45) is 5.92 Å². The second kappa shape index (κ2) is 7.42. The molecule has 6 nitrogen and oxygen atoms in total. The van der Waals surface area contributed by atoms with Gasteiger partial charge in [-0.15, -0.1) is 0 Å². The molecule has 0 aromatic carbocycles. The van der Waals surface area contributed by atoms with Crippen LogP contribution in [0.15, 0.2) is 4.52 Å². The molecule has 1 fully saturated rings. The van der Waals surface area contributed by atoms with Crippen LogP contribution in [-0.4, -0.2) is 40.1 Å². The Labute approximate surface area is 130 Å². The molecule has 1 aromatic rings. The van der Waals surface area contributed by atoms with Crippen molar-refractivity contribution in [2.45, 2.75) is 52.4 Å². The maximum absolute atomic E-state index is 12.4. The first-order valence-corrected chi connectivity index (χ1v) is 7.88. The number of likely N-dealkylation sites (tertiary alicyclic amines) is 1. The molecule has 22 heavy (non-hydrogen) atoms. The summed E-state index contributed by atoms with van der Waals surface area (Å²) in [6.07, 6.45) is 3.92. The van der Waals surface area contributed by atoms with E-state index in [1.165, 1.54) is 0 Å². The van der Waals surface area contributed by atoms with Gasteiger partial charge in [-0.3, -0.25) is 9.59 Å². The number of nitrogens with zero attached hydrogens (tertiary/aromatic N) is 2. The van der Waals surface area contributed by atoms with Crippen LogP contribution in [0.1, 0.15) is 49.1 Å². The van der Waals surface area contributed by atoms with Crippen molar-refractivity contribution in [1.82, 2.24) is 10.1 Å². The van der Waals surface area contributed by atoms with Gasteiger partial charge in [-0.05, 0) is 45.4 Å². The number of hydrogen-bond donors (Lipinski definition) is 1. The fourth-order valence-electron chi connectivity index (χ4n) is 3.10. The van der Waals surface area contributed by atoms with Gasteiger partial charge in [-0.25, -0.2) is 0 Å². The number of carboxylic acids is 1. The summed E-state index contributed by atoms with van der Waals surface area (Å²) in [6, 6.07) is 0. The van der Waals surface area contributed by atoms with Crippen molar-refractivity contribution >= 4 is 11.9 Å². The minimum atomic E-state index is -0.762. The van der Waals surface area contributed by atoms with Crippen molar-refractivity contribution in [1.29, 1.82) is 0 Å². The van der Waals surface area contributed by atoms with Crippen molar-refractivity contribution in [3.05, 3.63) is 17.0 Å². The van der Waals surface area contributed by atoms with E-state index < -0.39 is 5.97 Å². The van der Waals surface area contributed by atoms with Gasteiger partial charge in [0.2, 0.25) is 5.91 Å². The molecule has 0 aliphatic carbocycles. The summed E-state index contributed by atoms with van der Waals surface area (Å²) in [5, 5.41) is 12.7. The van der Waals surface area contributed by atoms with Crippen LogP contribution in [0.25, 0.3) is 0 Å². The average molecular weight is 308 g/mol. The molecule has 6 heteroatoms. The Morgan fingerprint density at radius 2 is 2.14 bits per heavy atom. The predicted molar refractivity (Wildman–Crippen MR) is 80.5 cm³/mol. The first-order chi connectivity index (χ1) is 10.5. The third-order valence-corrected chi connectivity index (χ3v) is 4.41. The number of carbonyl (C=O) groups excluding carboxylic acids is 1. The number of piperidine rings is 1. The molecule has 1 N–H and O–H groups in total. The maximum Gasteiger partial charge on any atom is 0.303 e. The summed E-state index contributed by atoms with van der Waals surface area (Å²) >= 11 is 0. The van der Waals surface area contributed by atoms with Crippen molar-refractivity contribution in [3.63, 3.8) is 0 Å². The van der Waals surface area contributed by atoms with Gasteiger partial charge in [0, 0.05) is 31.5 Å². The topological polar surface area (TPSA) is 83.6 Å². The molecule has 1 saturated heterocycles. The average Bonchev–Trinajstić information content (AvgIpc) is 2.82. The van der Waals surface area contributed by atoms with E-state index in [9.17, 15) is 9.59 Å². The van der Waals surface area contributed by atoms with Gasteiger partial charge in [0.1, 0.15) is 5.76 Å². The fraction of sp³-hybridized carbons (Fsp3) is 0.688. The zero-order chi connectivity index (χ0) is 16.1. The Morgan fingerprint density at radius 3 is 2.77 bits per heavy atom. The predicted octanol–water partition coefficient (Wildman–Crippen LogP) is 2.33. The molecule has 1 aromatic heterocycles. The highest BCUT2D eigenvalue weighted by Crippen LogP contribution is 2.22. The summed E-state index contributed by atoms with van der Waals surface area (Å²) in [5.41, 5.74) is 1.87. The summed E-state index contributed by atoms with van der Waals surface area (Å²) in [6.45, 7) is 5.22. The normalized spacial score (nSPS) is 18.5. The first kappa shape index (κ1) is 16.5. The molecule has 1 aliphatic rings. The lowest BCUT2D eigenvalue weighted by Crippen LogP contribution is -2.40. The highest BCUT2D eigenvalue weighted by molar-refractivity contribution is 5.76.